The minimum Gasteiger partial charge on any atom is -0.336 e. The number of carbonyl (C=O) groups is 2. The number of hydrogen-bond donors (Lipinski definition) is 0. The summed E-state index contributed by atoms with van der Waals surface area (Å²) in [5, 5.41) is 1.05. The Labute approximate surface area is 226 Å². The molecule has 2 saturated heterocycles. The maximum Gasteiger partial charge on any atom is 0.270 e. The number of halogens is 1. The molecule has 0 unspecified atom stereocenters. The molecule has 2 aromatic heterocycles. The summed E-state index contributed by atoms with van der Waals surface area (Å²) in [6.45, 7) is 3.54. The normalized spacial score (nSPS) is 20.4. The van der Waals surface area contributed by atoms with E-state index in [1.165, 1.54) is 19.3 Å². The van der Waals surface area contributed by atoms with Gasteiger partial charge in [-0.05, 0) is 49.2 Å². The largest absolute Gasteiger partial charge is 0.336 e. The van der Waals surface area contributed by atoms with Gasteiger partial charge in [0.1, 0.15) is 10.8 Å². The average molecular weight is 556 g/mol. The maximum absolute atomic E-state index is 13.6. The Morgan fingerprint density at radius 3 is 2.24 bits per heavy atom. The fourth-order valence-corrected chi connectivity index (χ4v) is 6.99. The summed E-state index contributed by atoms with van der Waals surface area (Å²) in [7, 11) is -3.13. The average Bonchev–Trinajstić information content (AvgIpc) is 3.26. The molecule has 38 heavy (non-hydrogen) atoms. The summed E-state index contributed by atoms with van der Waals surface area (Å²) in [4.78, 5) is 37.1. The molecule has 0 radical (unpaired) electrons. The van der Waals surface area contributed by atoms with Crippen LogP contribution in [0.4, 0.5) is 0 Å². The van der Waals surface area contributed by atoms with E-state index in [0.29, 0.717) is 41.2 Å². The van der Waals surface area contributed by atoms with Crippen LogP contribution in [-0.2, 0) is 9.84 Å². The van der Waals surface area contributed by atoms with Crippen LogP contribution >= 0.6 is 11.6 Å². The highest BCUT2D eigenvalue weighted by Gasteiger charge is 2.31. The first-order chi connectivity index (χ1) is 18.3. The van der Waals surface area contributed by atoms with E-state index >= 15 is 0 Å². The van der Waals surface area contributed by atoms with Gasteiger partial charge in [-0.3, -0.25) is 14.5 Å². The van der Waals surface area contributed by atoms with E-state index in [0.717, 1.165) is 24.0 Å². The fraction of sp³-hybridized carbons (Fsp3) is 0.444. The van der Waals surface area contributed by atoms with Gasteiger partial charge in [0.25, 0.3) is 11.8 Å². The van der Waals surface area contributed by atoms with Crippen LogP contribution in [0.2, 0.25) is 5.15 Å². The number of rotatable bonds is 4. The zero-order valence-corrected chi connectivity index (χ0v) is 22.6. The molecule has 3 fully saturated rings. The van der Waals surface area contributed by atoms with E-state index in [9.17, 15) is 18.0 Å². The highest BCUT2D eigenvalue weighted by atomic mass is 35.5. The van der Waals surface area contributed by atoms with Gasteiger partial charge in [0, 0.05) is 62.5 Å². The van der Waals surface area contributed by atoms with E-state index in [1.54, 1.807) is 33.9 Å². The third-order valence-electron chi connectivity index (χ3n) is 8.06. The predicted molar refractivity (Wildman–Crippen MR) is 146 cm³/mol. The van der Waals surface area contributed by atoms with Crippen LogP contribution in [0.25, 0.3) is 16.6 Å². The standard InChI is InChI=1S/C27H30ClN5O4S/c28-25-18-22(6-7-29-25)33-23-5-4-19(26(34)31-10-8-30(9-11-31)21-2-1-3-21)16-20(23)17-24(33)27(35)32-12-14-38(36,37)15-13-32/h4-7,16-18,21H,1-3,8-15H2. The number of hydrogen-bond acceptors (Lipinski definition) is 6. The predicted octanol–water partition coefficient (Wildman–Crippen LogP) is 2.86. The number of carbonyl (C=O) groups excluding carboxylic acids is 2. The number of aromatic nitrogens is 2. The van der Waals surface area contributed by atoms with Gasteiger partial charge in [0.05, 0.1) is 22.7 Å². The molecule has 11 heteroatoms. The molecular weight excluding hydrogens is 526 g/mol. The Kier molecular flexibility index (Phi) is 6.65. The Morgan fingerprint density at radius 1 is 0.868 bits per heavy atom. The highest BCUT2D eigenvalue weighted by molar-refractivity contribution is 7.91. The monoisotopic (exact) mass is 555 g/mol. The quantitative estimate of drug-likeness (QED) is 0.459. The summed E-state index contributed by atoms with van der Waals surface area (Å²) in [5.41, 5.74) is 2.40. The molecule has 0 N–H and O–H groups in total. The minimum absolute atomic E-state index is 0.00558. The van der Waals surface area contributed by atoms with Crippen LogP contribution in [0.1, 0.15) is 40.1 Å². The van der Waals surface area contributed by atoms with Gasteiger partial charge in [-0.1, -0.05) is 18.0 Å². The van der Waals surface area contributed by atoms with Gasteiger partial charge in [0.15, 0.2) is 9.84 Å². The molecule has 6 rings (SSSR count). The molecule has 0 spiro atoms. The van der Waals surface area contributed by atoms with Crippen LogP contribution in [0.15, 0.2) is 42.6 Å². The minimum atomic E-state index is -3.13. The molecule has 3 aromatic rings. The van der Waals surface area contributed by atoms with E-state index in [2.05, 4.69) is 9.88 Å². The van der Waals surface area contributed by atoms with Crippen molar-refractivity contribution in [3.63, 3.8) is 0 Å². The van der Waals surface area contributed by atoms with Crippen molar-refractivity contribution in [1.82, 2.24) is 24.3 Å². The number of benzene rings is 1. The summed E-state index contributed by atoms with van der Waals surface area (Å²) in [6.07, 6.45) is 5.40. The number of fused-ring (bicyclic) bond motifs is 1. The Morgan fingerprint density at radius 2 is 1.58 bits per heavy atom. The molecule has 1 aromatic carbocycles. The molecule has 3 aliphatic rings. The lowest BCUT2D eigenvalue weighted by molar-refractivity contribution is 0.0455. The first kappa shape index (κ1) is 25.3. The Hall–Kier alpha value is -2.95. The van der Waals surface area contributed by atoms with E-state index in [-0.39, 0.29) is 36.4 Å². The topological polar surface area (TPSA) is 95.8 Å². The maximum atomic E-state index is 13.6. The van der Waals surface area contributed by atoms with Gasteiger partial charge < -0.3 is 14.4 Å². The van der Waals surface area contributed by atoms with E-state index in [1.807, 2.05) is 23.1 Å². The van der Waals surface area contributed by atoms with Crippen LogP contribution in [0, 0.1) is 0 Å². The van der Waals surface area contributed by atoms with Crippen LogP contribution in [0.3, 0.4) is 0 Å². The highest BCUT2D eigenvalue weighted by Crippen LogP contribution is 2.29. The SMILES string of the molecule is O=C(c1ccc2c(c1)cc(C(=O)N1CCS(=O)(=O)CC1)n2-c1ccnc(Cl)c1)N1CCN(C2CCC2)CC1. The molecule has 4 heterocycles. The Bertz CT molecular complexity index is 1490. The van der Waals surface area contributed by atoms with Gasteiger partial charge in [-0.2, -0.15) is 0 Å². The van der Waals surface area contributed by atoms with Crippen LogP contribution < -0.4 is 0 Å². The molecule has 2 amide bonds. The van der Waals surface area contributed by atoms with E-state index in [4.69, 9.17) is 11.6 Å². The lowest BCUT2D eigenvalue weighted by Crippen LogP contribution is -2.53. The number of nitrogens with zero attached hydrogens (tertiary/aromatic N) is 5. The van der Waals surface area contributed by atoms with Crippen molar-refractivity contribution in [3.8, 4) is 5.69 Å². The second kappa shape index (κ2) is 9.98. The van der Waals surface area contributed by atoms with Crippen molar-refractivity contribution < 1.29 is 18.0 Å². The third kappa shape index (κ3) is 4.81. The van der Waals surface area contributed by atoms with Crippen LogP contribution in [-0.4, -0.2) is 101 Å². The zero-order valence-electron chi connectivity index (χ0n) is 21.1. The number of pyridine rings is 1. The lowest BCUT2D eigenvalue weighted by atomic mass is 9.91. The third-order valence-corrected chi connectivity index (χ3v) is 9.88. The molecule has 2 aliphatic heterocycles. The first-order valence-electron chi connectivity index (χ1n) is 13.1. The van der Waals surface area contributed by atoms with Crippen molar-refractivity contribution >= 4 is 44.2 Å². The summed E-state index contributed by atoms with van der Waals surface area (Å²) < 4.78 is 25.6. The fourth-order valence-electron chi connectivity index (χ4n) is 5.62. The molecule has 200 valence electrons. The molecule has 0 atom stereocenters. The van der Waals surface area contributed by atoms with Crippen LogP contribution in [0.5, 0.6) is 0 Å². The van der Waals surface area contributed by atoms with Gasteiger partial charge >= 0.3 is 0 Å². The summed E-state index contributed by atoms with van der Waals surface area (Å²) in [5.74, 6) is -0.364. The molecule has 1 aliphatic carbocycles. The molecule has 0 bridgehead atoms. The Balaban J connectivity index is 1.32. The van der Waals surface area contributed by atoms with Gasteiger partial charge in [-0.15, -0.1) is 0 Å². The second-order valence-corrected chi connectivity index (χ2v) is 13.0. The van der Waals surface area contributed by atoms with Crippen molar-refractivity contribution in [3.05, 3.63) is 59.0 Å². The number of sulfone groups is 1. The first-order valence-corrected chi connectivity index (χ1v) is 15.3. The van der Waals surface area contributed by atoms with Crippen molar-refractivity contribution in [2.45, 2.75) is 25.3 Å². The van der Waals surface area contributed by atoms with Crippen molar-refractivity contribution in [2.24, 2.45) is 0 Å². The summed E-state index contributed by atoms with van der Waals surface area (Å²) in [6, 6.07) is 11.4. The van der Waals surface area contributed by atoms with Crippen molar-refractivity contribution in [1.29, 1.82) is 0 Å². The molecular formula is C27H30ClN5O4S. The lowest BCUT2D eigenvalue weighted by Gasteiger charge is -2.42. The summed E-state index contributed by atoms with van der Waals surface area (Å²) >= 11 is 6.18. The second-order valence-electron chi connectivity index (χ2n) is 10.3. The molecule has 9 nitrogen and oxygen atoms in total. The smallest absolute Gasteiger partial charge is 0.270 e. The van der Waals surface area contributed by atoms with E-state index < -0.39 is 9.84 Å². The van der Waals surface area contributed by atoms with Crippen molar-refractivity contribution in [2.75, 3.05) is 50.8 Å². The number of amides is 2. The molecule has 1 saturated carbocycles. The van der Waals surface area contributed by atoms with Gasteiger partial charge in [-0.25, -0.2) is 13.4 Å². The number of piperazine rings is 1. The van der Waals surface area contributed by atoms with Gasteiger partial charge in [0.2, 0.25) is 0 Å². The zero-order chi connectivity index (χ0) is 26.4.